The van der Waals surface area contributed by atoms with Crippen molar-refractivity contribution in [2.75, 3.05) is 0 Å². The summed E-state index contributed by atoms with van der Waals surface area (Å²) in [6.45, 7) is 0.189. The fraction of sp³-hybridized carbons (Fsp3) is 0.174. The Bertz CT molecular complexity index is 1240. The summed E-state index contributed by atoms with van der Waals surface area (Å²) in [5.41, 5.74) is 1.97. The van der Waals surface area contributed by atoms with E-state index in [-0.39, 0.29) is 30.3 Å². The van der Waals surface area contributed by atoms with Gasteiger partial charge in [-0.25, -0.2) is 4.79 Å². The summed E-state index contributed by atoms with van der Waals surface area (Å²) in [5.74, 6) is -0.743. The average molecular weight is 482 g/mol. The molecule has 4 aromatic rings. The fourth-order valence-electron chi connectivity index (χ4n) is 3.54. The topological polar surface area (TPSA) is 45.4 Å². The highest BCUT2D eigenvalue weighted by Crippen LogP contribution is 2.25. The lowest BCUT2D eigenvalue weighted by Gasteiger charge is -2.10. The first-order valence-corrected chi connectivity index (χ1v) is 9.86. The van der Waals surface area contributed by atoms with E-state index in [0.717, 1.165) is 24.3 Å². The number of para-hydroxylation sites is 2. The first kappa shape index (κ1) is 23.3. The first-order valence-electron chi connectivity index (χ1n) is 9.86. The molecule has 0 radical (unpaired) electrons. The molecule has 0 saturated carbocycles. The molecule has 0 saturated heterocycles. The molecule has 0 amide bonds. The second-order valence-electron chi connectivity index (χ2n) is 7.33. The second kappa shape index (κ2) is 8.81. The molecular weight excluding hydrogens is 466 g/mol. The number of imidazole rings is 1. The van der Waals surface area contributed by atoms with E-state index in [1.54, 1.807) is 24.3 Å². The molecule has 1 heterocycles. The van der Waals surface area contributed by atoms with Crippen LogP contribution in [0.3, 0.4) is 0 Å². The van der Waals surface area contributed by atoms with Gasteiger partial charge in [0.15, 0.2) is 0 Å². The van der Waals surface area contributed by atoms with Crippen LogP contribution in [0.25, 0.3) is 11.0 Å². The Morgan fingerprint density at radius 1 is 0.588 bits per heavy atom. The SMILES string of the molecule is O=c1n(Cc2ccc(OC(F)(F)F)cc2)c2ccccc2n1Cc1ccc(OC(F)(F)F)cc1. The normalized spacial score (nSPS) is 12.2. The maximum atomic E-state index is 13.2. The molecular formula is C23H16F6N2O3. The van der Waals surface area contributed by atoms with Crippen LogP contribution in [0, 0.1) is 0 Å². The molecule has 0 spiro atoms. The molecule has 5 nitrogen and oxygen atoms in total. The van der Waals surface area contributed by atoms with Crippen molar-refractivity contribution < 1.29 is 35.8 Å². The van der Waals surface area contributed by atoms with Crippen LogP contribution in [0.1, 0.15) is 11.1 Å². The minimum Gasteiger partial charge on any atom is -0.406 e. The summed E-state index contributed by atoms with van der Waals surface area (Å²) in [6, 6.07) is 17.3. The fourth-order valence-corrected chi connectivity index (χ4v) is 3.54. The van der Waals surface area contributed by atoms with Gasteiger partial charge in [0.25, 0.3) is 0 Å². The maximum absolute atomic E-state index is 13.2. The summed E-state index contributed by atoms with van der Waals surface area (Å²) in [6.07, 6.45) is -9.61. The highest BCUT2D eigenvalue weighted by molar-refractivity contribution is 5.76. The monoisotopic (exact) mass is 482 g/mol. The zero-order chi connectivity index (χ0) is 24.5. The third kappa shape index (κ3) is 5.53. The van der Waals surface area contributed by atoms with E-state index in [1.807, 2.05) is 0 Å². The van der Waals surface area contributed by atoms with E-state index in [2.05, 4.69) is 9.47 Å². The van der Waals surface area contributed by atoms with Crippen LogP contribution >= 0.6 is 0 Å². The maximum Gasteiger partial charge on any atom is 0.573 e. The highest BCUT2D eigenvalue weighted by Gasteiger charge is 2.31. The molecule has 0 fully saturated rings. The third-order valence-corrected chi connectivity index (χ3v) is 4.92. The number of alkyl halides is 6. The van der Waals surface area contributed by atoms with Gasteiger partial charge in [-0.2, -0.15) is 0 Å². The van der Waals surface area contributed by atoms with Gasteiger partial charge in [-0.1, -0.05) is 36.4 Å². The molecule has 4 rings (SSSR count). The zero-order valence-corrected chi connectivity index (χ0v) is 17.2. The quantitative estimate of drug-likeness (QED) is 0.332. The predicted octanol–water partition coefficient (Wildman–Crippen LogP) is 5.70. The van der Waals surface area contributed by atoms with Crippen molar-refractivity contribution in [3.05, 3.63) is 94.4 Å². The first-order chi connectivity index (χ1) is 16.0. The van der Waals surface area contributed by atoms with Gasteiger partial charge in [0, 0.05) is 0 Å². The van der Waals surface area contributed by atoms with E-state index in [4.69, 9.17) is 0 Å². The largest absolute Gasteiger partial charge is 0.573 e. The number of nitrogens with zero attached hydrogens (tertiary/aromatic N) is 2. The molecule has 178 valence electrons. The Morgan fingerprint density at radius 3 is 1.26 bits per heavy atom. The second-order valence-corrected chi connectivity index (χ2v) is 7.33. The Morgan fingerprint density at radius 2 is 0.941 bits per heavy atom. The van der Waals surface area contributed by atoms with Crippen molar-refractivity contribution in [2.45, 2.75) is 25.8 Å². The number of benzene rings is 3. The summed E-state index contributed by atoms with van der Waals surface area (Å²) in [5, 5.41) is 0. The van der Waals surface area contributed by atoms with E-state index in [9.17, 15) is 31.1 Å². The molecule has 1 aromatic heterocycles. The molecule has 0 aliphatic rings. The molecule has 0 unspecified atom stereocenters. The molecule has 0 N–H and O–H groups in total. The van der Waals surface area contributed by atoms with E-state index in [1.165, 1.54) is 33.4 Å². The lowest BCUT2D eigenvalue weighted by atomic mass is 10.2. The summed E-state index contributed by atoms with van der Waals surface area (Å²) in [7, 11) is 0. The summed E-state index contributed by atoms with van der Waals surface area (Å²) >= 11 is 0. The van der Waals surface area contributed by atoms with Gasteiger partial charge < -0.3 is 9.47 Å². The van der Waals surface area contributed by atoms with Gasteiger partial charge in [0.05, 0.1) is 24.1 Å². The smallest absolute Gasteiger partial charge is 0.406 e. The van der Waals surface area contributed by atoms with Gasteiger partial charge in [0.2, 0.25) is 0 Å². The van der Waals surface area contributed by atoms with Crippen molar-refractivity contribution >= 4 is 11.0 Å². The molecule has 3 aromatic carbocycles. The predicted molar refractivity (Wildman–Crippen MR) is 111 cm³/mol. The lowest BCUT2D eigenvalue weighted by Crippen LogP contribution is -2.25. The van der Waals surface area contributed by atoms with Crippen LogP contribution in [0.5, 0.6) is 11.5 Å². The molecule has 0 bridgehead atoms. The van der Waals surface area contributed by atoms with Gasteiger partial charge in [-0.05, 0) is 47.5 Å². The Hall–Kier alpha value is -3.89. The summed E-state index contributed by atoms with van der Waals surface area (Å²) in [4.78, 5) is 13.2. The average Bonchev–Trinajstić information content (AvgIpc) is 3.00. The van der Waals surface area contributed by atoms with Crippen molar-refractivity contribution in [1.29, 1.82) is 0 Å². The van der Waals surface area contributed by atoms with Gasteiger partial charge in [0.1, 0.15) is 11.5 Å². The number of rotatable bonds is 6. The molecule has 0 aliphatic heterocycles. The van der Waals surface area contributed by atoms with Gasteiger partial charge >= 0.3 is 18.4 Å². The summed E-state index contributed by atoms with van der Waals surface area (Å²) < 4.78 is 84.9. The van der Waals surface area contributed by atoms with Crippen LogP contribution in [0.2, 0.25) is 0 Å². The van der Waals surface area contributed by atoms with Gasteiger partial charge in [-0.15, -0.1) is 26.3 Å². The number of hydrogen-bond acceptors (Lipinski definition) is 3. The van der Waals surface area contributed by atoms with Crippen LogP contribution in [-0.2, 0) is 13.1 Å². The third-order valence-electron chi connectivity index (χ3n) is 4.92. The lowest BCUT2D eigenvalue weighted by molar-refractivity contribution is -0.275. The Balaban J connectivity index is 1.61. The molecule has 0 aliphatic carbocycles. The number of aromatic nitrogens is 2. The molecule has 11 heteroatoms. The minimum absolute atomic E-state index is 0.0943. The van der Waals surface area contributed by atoms with Crippen LogP contribution < -0.4 is 15.2 Å². The molecule has 0 atom stereocenters. The minimum atomic E-state index is -4.80. The van der Waals surface area contributed by atoms with E-state index in [0.29, 0.717) is 22.2 Å². The van der Waals surface area contributed by atoms with Crippen LogP contribution in [0.15, 0.2) is 77.6 Å². The van der Waals surface area contributed by atoms with E-state index >= 15 is 0 Å². The van der Waals surface area contributed by atoms with Crippen molar-refractivity contribution in [3.63, 3.8) is 0 Å². The Kier molecular flexibility index (Phi) is 6.03. The number of halogens is 6. The number of ether oxygens (including phenoxy) is 2. The molecule has 34 heavy (non-hydrogen) atoms. The Labute approximate surface area is 188 Å². The standard InChI is InChI=1S/C23H16F6N2O3/c24-22(25,26)33-17-9-5-15(6-10-17)13-30-19-3-1-2-4-20(19)31(21(30)32)14-16-7-11-18(12-8-16)34-23(27,28)29/h1-12H,13-14H2. The van der Waals surface area contributed by atoms with Crippen molar-refractivity contribution in [2.24, 2.45) is 0 Å². The van der Waals surface area contributed by atoms with Crippen LogP contribution in [-0.4, -0.2) is 21.9 Å². The van der Waals surface area contributed by atoms with E-state index < -0.39 is 12.7 Å². The van der Waals surface area contributed by atoms with Crippen molar-refractivity contribution in [1.82, 2.24) is 9.13 Å². The van der Waals surface area contributed by atoms with Crippen molar-refractivity contribution in [3.8, 4) is 11.5 Å². The van der Waals surface area contributed by atoms with Crippen LogP contribution in [0.4, 0.5) is 26.3 Å². The highest BCUT2D eigenvalue weighted by atomic mass is 19.4. The van der Waals surface area contributed by atoms with Gasteiger partial charge in [-0.3, -0.25) is 9.13 Å². The number of hydrogen-bond donors (Lipinski definition) is 0. The zero-order valence-electron chi connectivity index (χ0n) is 17.2. The number of fused-ring (bicyclic) bond motifs is 1.